The van der Waals surface area contributed by atoms with E-state index in [0.29, 0.717) is 74.2 Å². The van der Waals surface area contributed by atoms with Gasteiger partial charge in [-0.1, -0.05) is 13.3 Å². The molecule has 1 saturated heterocycles. The monoisotopic (exact) mass is 603 g/mol. The molecule has 232 valence electrons. The summed E-state index contributed by atoms with van der Waals surface area (Å²) in [5.74, 6) is 1.89. The molecule has 0 aliphatic carbocycles. The number of nitrogen functional groups attached to an aromatic ring is 1. The van der Waals surface area contributed by atoms with Crippen LogP contribution in [0.3, 0.4) is 0 Å². The van der Waals surface area contributed by atoms with Crippen LogP contribution in [0.15, 0.2) is 53.3 Å². The summed E-state index contributed by atoms with van der Waals surface area (Å²) in [6, 6.07) is 11.1. The fourth-order valence-corrected chi connectivity index (χ4v) is 5.40. The van der Waals surface area contributed by atoms with Crippen molar-refractivity contribution in [1.29, 1.82) is 0 Å². The molecule has 5 aromatic rings. The number of nitrogens with zero attached hydrogens (tertiary/aromatic N) is 8. The number of aromatic nitrogens is 6. The highest BCUT2D eigenvalue weighted by Crippen LogP contribution is 2.28. The smallest absolute Gasteiger partial charge is 0.247 e. The lowest BCUT2D eigenvalue weighted by molar-refractivity contribution is -0.135. The Kier molecular flexibility index (Phi) is 8.89. The number of furan rings is 1. The van der Waals surface area contributed by atoms with Crippen molar-refractivity contribution >= 4 is 34.2 Å². The van der Waals surface area contributed by atoms with Gasteiger partial charge in [0.05, 0.1) is 37.7 Å². The van der Waals surface area contributed by atoms with Crippen molar-refractivity contribution in [2.45, 2.75) is 25.8 Å². The predicted molar refractivity (Wildman–Crippen MR) is 164 cm³/mol. The lowest BCUT2D eigenvalue weighted by Crippen LogP contribution is -2.50. The molecule has 2 N–H and O–H groups in total. The van der Waals surface area contributed by atoms with Crippen molar-refractivity contribution in [2.24, 2.45) is 0 Å². The summed E-state index contributed by atoms with van der Waals surface area (Å²) in [7, 11) is 1.65. The predicted octanol–water partition coefficient (Wildman–Crippen LogP) is 3.05. The van der Waals surface area contributed by atoms with E-state index in [4.69, 9.17) is 24.4 Å². The molecule has 0 spiro atoms. The molecule has 5 heterocycles. The maximum absolute atomic E-state index is 13.9. The fraction of sp³-hybridized carbons (Fsp3) is 0.433. The third-order valence-electron chi connectivity index (χ3n) is 7.66. The normalized spacial score (nSPS) is 14.5. The number of carbonyl (C=O) groups excluding carboxylic acids is 1. The number of anilines is 2. The van der Waals surface area contributed by atoms with Gasteiger partial charge >= 0.3 is 0 Å². The van der Waals surface area contributed by atoms with Gasteiger partial charge in [0, 0.05) is 39.0 Å². The quantitative estimate of drug-likeness (QED) is 0.198. The molecule has 6 rings (SSSR count). The van der Waals surface area contributed by atoms with E-state index in [1.165, 1.54) is 4.52 Å². The number of fused-ring (bicyclic) bond motifs is 3. The molecule has 1 aliphatic heterocycles. The third-order valence-corrected chi connectivity index (χ3v) is 7.66. The summed E-state index contributed by atoms with van der Waals surface area (Å²) in [6.45, 7) is 6.81. The number of hydrogen-bond acceptors (Lipinski definition) is 11. The zero-order chi connectivity index (χ0) is 30.5. The molecule has 4 aromatic heterocycles. The van der Waals surface area contributed by atoms with Crippen LogP contribution in [0.4, 0.5) is 11.6 Å². The molecule has 44 heavy (non-hydrogen) atoms. The lowest BCUT2D eigenvalue weighted by Gasteiger charge is -2.37. The van der Waals surface area contributed by atoms with Gasteiger partial charge in [-0.3, -0.25) is 4.79 Å². The van der Waals surface area contributed by atoms with Crippen LogP contribution >= 0.6 is 0 Å². The van der Waals surface area contributed by atoms with Crippen molar-refractivity contribution < 1.29 is 23.4 Å². The minimum Gasteiger partial charge on any atom is -0.491 e. The van der Waals surface area contributed by atoms with E-state index in [2.05, 4.69) is 32.0 Å². The molecule has 0 bridgehead atoms. The number of nitrogens with two attached hydrogens (primary N) is 1. The van der Waals surface area contributed by atoms with Gasteiger partial charge in [-0.25, -0.2) is 9.67 Å². The minimum atomic E-state index is -0.513. The number of ether oxygens (including phenoxy) is 3. The van der Waals surface area contributed by atoms with Crippen LogP contribution in [0, 0.1) is 0 Å². The molecule has 1 aliphatic rings. The first-order valence-electron chi connectivity index (χ1n) is 14.8. The second kappa shape index (κ2) is 13.3. The largest absolute Gasteiger partial charge is 0.491 e. The van der Waals surface area contributed by atoms with Crippen molar-refractivity contribution in [2.75, 3.05) is 70.3 Å². The van der Waals surface area contributed by atoms with Crippen LogP contribution in [0.2, 0.25) is 0 Å². The van der Waals surface area contributed by atoms with Gasteiger partial charge in [0.15, 0.2) is 17.1 Å². The van der Waals surface area contributed by atoms with Crippen LogP contribution in [0.1, 0.15) is 25.8 Å². The third kappa shape index (κ3) is 6.03. The van der Waals surface area contributed by atoms with Crippen LogP contribution in [-0.4, -0.2) is 99.9 Å². The Morgan fingerprint density at radius 2 is 1.82 bits per heavy atom. The van der Waals surface area contributed by atoms with Crippen molar-refractivity contribution in [3.8, 4) is 17.3 Å². The number of rotatable bonds is 13. The summed E-state index contributed by atoms with van der Waals surface area (Å²) in [6.07, 6.45) is 4.66. The Morgan fingerprint density at radius 3 is 2.55 bits per heavy atom. The lowest BCUT2D eigenvalue weighted by atomic mass is 10.1. The van der Waals surface area contributed by atoms with Crippen LogP contribution in [0.5, 0.6) is 5.75 Å². The Bertz CT molecular complexity index is 1670. The van der Waals surface area contributed by atoms with Crippen molar-refractivity contribution in [3.63, 3.8) is 0 Å². The summed E-state index contributed by atoms with van der Waals surface area (Å²) >= 11 is 0. The van der Waals surface area contributed by atoms with E-state index >= 15 is 0 Å². The molecule has 1 aromatic carbocycles. The first-order chi connectivity index (χ1) is 21.6. The average molecular weight is 604 g/mol. The molecular weight excluding hydrogens is 566 g/mol. The molecule has 1 fully saturated rings. The van der Waals surface area contributed by atoms with Gasteiger partial charge in [-0.05, 0) is 42.8 Å². The standard InChI is InChI=1S/C30H37N9O5/c1-3-5-24(38-28-23(20-32-38)27-33-26(25-6-4-15-44-25)35-39(27)30(31)34-28)29(40)37-13-11-36(12-14-37)21-7-9-22(10-8-21)43-19-18-42-17-16-41-2/h4,6-10,15,20,24H,3,5,11-14,16-19H2,1-2H3,(H2,31,34)/t24-/m1/s1. The first kappa shape index (κ1) is 29.4. The molecular formula is C30H37N9O5. The highest BCUT2D eigenvalue weighted by molar-refractivity contribution is 5.92. The van der Waals surface area contributed by atoms with E-state index < -0.39 is 6.04 Å². The molecule has 0 saturated carbocycles. The summed E-state index contributed by atoms with van der Waals surface area (Å²) in [5.41, 5.74) is 8.40. The van der Waals surface area contributed by atoms with E-state index in [0.717, 1.165) is 30.9 Å². The minimum absolute atomic E-state index is 0.0194. The van der Waals surface area contributed by atoms with E-state index in [-0.39, 0.29) is 11.9 Å². The molecule has 1 atom stereocenters. The molecule has 14 nitrogen and oxygen atoms in total. The molecule has 0 radical (unpaired) electrons. The maximum atomic E-state index is 13.9. The van der Waals surface area contributed by atoms with Crippen LogP contribution in [-0.2, 0) is 14.3 Å². The highest BCUT2D eigenvalue weighted by Gasteiger charge is 2.31. The van der Waals surface area contributed by atoms with Gasteiger partial charge < -0.3 is 34.2 Å². The van der Waals surface area contributed by atoms with Gasteiger partial charge in [0.2, 0.25) is 17.7 Å². The van der Waals surface area contributed by atoms with Gasteiger partial charge in [-0.15, -0.1) is 5.10 Å². The van der Waals surface area contributed by atoms with Crippen LogP contribution < -0.4 is 15.4 Å². The number of piperazine rings is 1. The second-order valence-corrected chi connectivity index (χ2v) is 10.5. The van der Waals surface area contributed by atoms with E-state index in [9.17, 15) is 4.79 Å². The number of amides is 1. The van der Waals surface area contributed by atoms with Gasteiger partial charge in [0.25, 0.3) is 0 Å². The van der Waals surface area contributed by atoms with E-state index in [1.807, 2.05) is 29.2 Å². The second-order valence-electron chi connectivity index (χ2n) is 10.5. The summed E-state index contributed by atoms with van der Waals surface area (Å²) in [4.78, 5) is 27.3. The Hall–Kier alpha value is -4.69. The van der Waals surface area contributed by atoms with Gasteiger partial charge in [0.1, 0.15) is 18.4 Å². The first-order valence-corrected chi connectivity index (χ1v) is 14.8. The van der Waals surface area contributed by atoms with Crippen LogP contribution in [0.25, 0.3) is 28.3 Å². The Balaban J connectivity index is 1.12. The van der Waals surface area contributed by atoms with Crippen molar-refractivity contribution in [1.82, 2.24) is 34.3 Å². The number of hydrogen-bond donors (Lipinski definition) is 1. The topological polar surface area (TPSA) is 151 Å². The average Bonchev–Trinajstić information content (AvgIpc) is 3.82. The van der Waals surface area contributed by atoms with E-state index in [1.54, 1.807) is 36.4 Å². The molecule has 1 amide bonds. The maximum Gasteiger partial charge on any atom is 0.247 e. The number of benzene rings is 1. The zero-order valence-corrected chi connectivity index (χ0v) is 25.0. The number of carbonyl (C=O) groups is 1. The Labute approximate surface area is 254 Å². The molecule has 0 unspecified atom stereocenters. The molecule has 14 heteroatoms. The Morgan fingerprint density at radius 1 is 1.02 bits per heavy atom. The summed E-state index contributed by atoms with van der Waals surface area (Å²) in [5, 5.41) is 9.73. The zero-order valence-electron chi connectivity index (χ0n) is 25.0. The van der Waals surface area contributed by atoms with Gasteiger partial charge in [-0.2, -0.15) is 14.6 Å². The van der Waals surface area contributed by atoms with Crippen molar-refractivity contribution in [3.05, 3.63) is 48.9 Å². The fourth-order valence-electron chi connectivity index (χ4n) is 5.40. The highest BCUT2D eigenvalue weighted by atomic mass is 16.5. The summed E-state index contributed by atoms with van der Waals surface area (Å²) < 4.78 is 24.8. The SMILES string of the molecule is CCC[C@H](C(=O)N1CCN(c2ccc(OCCOCCOC)cc2)CC1)n1ncc2c1nc(N)n1nc(-c3ccco3)nc21. The number of methoxy groups -OCH3 is 1.